The van der Waals surface area contributed by atoms with E-state index in [0.717, 1.165) is 16.7 Å². The van der Waals surface area contributed by atoms with Gasteiger partial charge in [0.1, 0.15) is 5.82 Å². The van der Waals surface area contributed by atoms with E-state index in [1.54, 1.807) is 6.07 Å². The zero-order valence-corrected chi connectivity index (χ0v) is 10.2. The normalized spacial score (nSPS) is 10.1. The maximum absolute atomic E-state index is 12.9. The quantitative estimate of drug-likeness (QED) is 0.888. The number of nitrogens with one attached hydrogen (secondary N) is 1. The van der Waals surface area contributed by atoms with Crippen LogP contribution >= 0.6 is 15.9 Å². The van der Waals surface area contributed by atoms with Crippen molar-refractivity contribution in [2.75, 3.05) is 5.32 Å². The number of hydrogen-bond donors (Lipinski definition) is 1. The molecule has 0 heterocycles. The molecule has 16 heavy (non-hydrogen) atoms. The van der Waals surface area contributed by atoms with Crippen molar-refractivity contribution in [3.05, 3.63) is 64.4 Å². The molecule has 1 nitrogen and oxygen atoms in total. The summed E-state index contributed by atoms with van der Waals surface area (Å²) >= 11 is 3.32. The molecule has 0 aliphatic carbocycles. The number of rotatable bonds is 3. The van der Waals surface area contributed by atoms with Crippen LogP contribution in [0.25, 0.3) is 0 Å². The minimum Gasteiger partial charge on any atom is -0.380 e. The number of benzene rings is 2. The summed E-state index contributed by atoms with van der Waals surface area (Å²) in [5, 5.41) is 3.24. The van der Waals surface area contributed by atoms with E-state index in [9.17, 15) is 4.39 Å². The van der Waals surface area contributed by atoms with Crippen LogP contribution in [0.5, 0.6) is 0 Å². The van der Waals surface area contributed by atoms with Crippen LogP contribution in [-0.2, 0) is 6.54 Å². The average Bonchev–Trinajstić information content (AvgIpc) is 2.29. The Morgan fingerprint density at radius 2 is 1.81 bits per heavy atom. The van der Waals surface area contributed by atoms with Gasteiger partial charge in [0.2, 0.25) is 0 Å². The average molecular weight is 280 g/mol. The van der Waals surface area contributed by atoms with Crippen molar-refractivity contribution < 1.29 is 4.39 Å². The molecular formula is C13H11BrFN. The summed E-state index contributed by atoms with van der Waals surface area (Å²) in [6.07, 6.45) is 0. The Labute approximate surface area is 102 Å². The van der Waals surface area contributed by atoms with Crippen LogP contribution in [0.4, 0.5) is 10.1 Å². The molecule has 2 rings (SSSR count). The molecule has 2 aromatic carbocycles. The molecular weight excluding hydrogens is 269 g/mol. The fraction of sp³-hybridized carbons (Fsp3) is 0.0769. The van der Waals surface area contributed by atoms with E-state index in [4.69, 9.17) is 0 Å². The maximum Gasteiger partial charge on any atom is 0.124 e. The van der Waals surface area contributed by atoms with E-state index in [2.05, 4.69) is 21.2 Å². The van der Waals surface area contributed by atoms with Gasteiger partial charge in [0.25, 0.3) is 0 Å². The lowest BCUT2D eigenvalue weighted by Crippen LogP contribution is -1.99. The maximum atomic E-state index is 12.9. The minimum absolute atomic E-state index is 0.239. The van der Waals surface area contributed by atoms with Crippen LogP contribution in [-0.4, -0.2) is 0 Å². The minimum atomic E-state index is -0.239. The van der Waals surface area contributed by atoms with Gasteiger partial charge in [0.15, 0.2) is 0 Å². The zero-order valence-electron chi connectivity index (χ0n) is 8.58. The fourth-order valence-electron chi connectivity index (χ4n) is 1.43. The van der Waals surface area contributed by atoms with Gasteiger partial charge in [0, 0.05) is 16.7 Å². The van der Waals surface area contributed by atoms with Crippen molar-refractivity contribution in [2.24, 2.45) is 0 Å². The summed E-state index contributed by atoms with van der Waals surface area (Å²) in [6.45, 7) is 0.727. The smallest absolute Gasteiger partial charge is 0.124 e. The lowest BCUT2D eigenvalue weighted by atomic mass is 10.2. The summed E-state index contributed by atoms with van der Waals surface area (Å²) in [7, 11) is 0. The Bertz CT molecular complexity index is 471. The molecule has 0 saturated carbocycles. The van der Waals surface area contributed by atoms with Gasteiger partial charge in [-0.1, -0.05) is 30.3 Å². The van der Waals surface area contributed by atoms with Gasteiger partial charge in [-0.25, -0.2) is 4.39 Å². The van der Waals surface area contributed by atoms with E-state index in [1.165, 1.54) is 17.7 Å². The summed E-state index contributed by atoms with van der Waals surface area (Å²) in [5.41, 5.74) is 2.09. The van der Waals surface area contributed by atoms with Crippen molar-refractivity contribution in [3.63, 3.8) is 0 Å². The highest BCUT2D eigenvalue weighted by Crippen LogP contribution is 2.23. The van der Waals surface area contributed by atoms with E-state index in [0.29, 0.717) is 0 Å². The topological polar surface area (TPSA) is 12.0 Å². The van der Waals surface area contributed by atoms with Gasteiger partial charge in [-0.2, -0.15) is 0 Å². The van der Waals surface area contributed by atoms with E-state index in [-0.39, 0.29) is 5.82 Å². The van der Waals surface area contributed by atoms with Gasteiger partial charge in [-0.05, 0) is 39.7 Å². The molecule has 0 atom stereocenters. The van der Waals surface area contributed by atoms with Gasteiger partial charge in [0.05, 0.1) is 0 Å². The molecule has 0 unspecified atom stereocenters. The predicted molar refractivity (Wildman–Crippen MR) is 67.9 cm³/mol. The second-order valence-corrected chi connectivity index (χ2v) is 4.32. The lowest BCUT2D eigenvalue weighted by Gasteiger charge is -2.08. The second kappa shape index (κ2) is 5.12. The molecule has 0 radical (unpaired) electrons. The molecule has 0 amide bonds. The summed E-state index contributed by atoms with van der Waals surface area (Å²) < 4.78 is 13.6. The summed E-state index contributed by atoms with van der Waals surface area (Å²) in [6, 6.07) is 14.7. The first-order valence-electron chi connectivity index (χ1n) is 4.98. The third-order valence-corrected chi connectivity index (χ3v) is 2.91. The SMILES string of the molecule is Fc1ccc(NCc2ccccc2)c(Br)c1. The first kappa shape index (κ1) is 11.1. The van der Waals surface area contributed by atoms with Gasteiger partial charge >= 0.3 is 0 Å². The number of hydrogen-bond acceptors (Lipinski definition) is 1. The van der Waals surface area contributed by atoms with Crippen molar-refractivity contribution in [1.82, 2.24) is 0 Å². The van der Waals surface area contributed by atoms with Crippen LogP contribution in [0, 0.1) is 5.82 Å². The standard InChI is InChI=1S/C13H11BrFN/c14-12-8-11(15)6-7-13(12)16-9-10-4-2-1-3-5-10/h1-8,16H,9H2. The van der Waals surface area contributed by atoms with Crippen LogP contribution in [0.1, 0.15) is 5.56 Å². The van der Waals surface area contributed by atoms with Crippen molar-refractivity contribution >= 4 is 21.6 Å². The first-order chi connectivity index (χ1) is 7.75. The Hall–Kier alpha value is -1.35. The van der Waals surface area contributed by atoms with Gasteiger partial charge in [-0.3, -0.25) is 0 Å². The largest absolute Gasteiger partial charge is 0.380 e. The van der Waals surface area contributed by atoms with Gasteiger partial charge < -0.3 is 5.32 Å². The number of anilines is 1. The Kier molecular flexibility index (Phi) is 3.57. The molecule has 0 saturated heterocycles. The highest BCUT2D eigenvalue weighted by atomic mass is 79.9. The van der Waals surface area contributed by atoms with Crippen LogP contribution in [0.3, 0.4) is 0 Å². The zero-order chi connectivity index (χ0) is 11.4. The third kappa shape index (κ3) is 2.83. The lowest BCUT2D eigenvalue weighted by molar-refractivity contribution is 0.627. The Morgan fingerprint density at radius 3 is 2.50 bits per heavy atom. The molecule has 2 aromatic rings. The molecule has 0 fully saturated rings. The molecule has 1 N–H and O–H groups in total. The highest BCUT2D eigenvalue weighted by Gasteiger charge is 2.00. The third-order valence-electron chi connectivity index (χ3n) is 2.26. The summed E-state index contributed by atoms with van der Waals surface area (Å²) in [5.74, 6) is -0.239. The number of halogens is 2. The molecule has 0 aliphatic heterocycles. The van der Waals surface area contributed by atoms with Crippen LogP contribution < -0.4 is 5.32 Å². The molecule has 3 heteroatoms. The molecule has 0 aliphatic rings. The van der Waals surface area contributed by atoms with E-state index >= 15 is 0 Å². The van der Waals surface area contributed by atoms with Crippen molar-refractivity contribution in [3.8, 4) is 0 Å². The Morgan fingerprint density at radius 1 is 1.06 bits per heavy atom. The summed E-state index contributed by atoms with van der Waals surface area (Å²) in [4.78, 5) is 0. The molecule has 0 spiro atoms. The second-order valence-electron chi connectivity index (χ2n) is 3.46. The van der Waals surface area contributed by atoms with Crippen molar-refractivity contribution in [2.45, 2.75) is 6.54 Å². The predicted octanol–water partition coefficient (Wildman–Crippen LogP) is 4.20. The van der Waals surface area contributed by atoms with Gasteiger partial charge in [-0.15, -0.1) is 0 Å². The highest BCUT2D eigenvalue weighted by molar-refractivity contribution is 9.10. The Balaban J connectivity index is 2.05. The van der Waals surface area contributed by atoms with E-state index < -0.39 is 0 Å². The van der Waals surface area contributed by atoms with E-state index in [1.807, 2.05) is 30.3 Å². The fourth-order valence-corrected chi connectivity index (χ4v) is 1.92. The molecule has 0 aromatic heterocycles. The molecule has 82 valence electrons. The van der Waals surface area contributed by atoms with Crippen LogP contribution in [0.2, 0.25) is 0 Å². The first-order valence-corrected chi connectivity index (χ1v) is 5.78. The molecule has 0 bridgehead atoms. The van der Waals surface area contributed by atoms with Crippen molar-refractivity contribution in [1.29, 1.82) is 0 Å². The van der Waals surface area contributed by atoms with Crippen LogP contribution in [0.15, 0.2) is 53.0 Å². The monoisotopic (exact) mass is 279 g/mol.